The lowest BCUT2D eigenvalue weighted by Gasteiger charge is -2.24. The summed E-state index contributed by atoms with van der Waals surface area (Å²) in [5.41, 5.74) is 16.7. The Morgan fingerprint density at radius 3 is 2.85 bits per heavy atom. The Balaban J connectivity index is 1.40. The molecule has 3 N–H and O–H groups in total. The van der Waals surface area contributed by atoms with Gasteiger partial charge in [-0.05, 0) is 54.9 Å². The first-order chi connectivity index (χ1) is 20.0. The molecule has 0 saturated heterocycles. The van der Waals surface area contributed by atoms with Crippen LogP contribution in [0.2, 0.25) is 0 Å². The van der Waals surface area contributed by atoms with Gasteiger partial charge in [-0.15, -0.1) is 0 Å². The van der Waals surface area contributed by atoms with Crippen LogP contribution in [0.25, 0.3) is 11.1 Å². The first-order valence-electron chi connectivity index (χ1n) is 14.2. The molecular formula is C32H40N8O. The minimum absolute atomic E-state index is 0.727. The molecule has 9 heteroatoms. The lowest BCUT2D eigenvalue weighted by molar-refractivity contribution is 0.189. The summed E-state index contributed by atoms with van der Waals surface area (Å²) in [6.07, 6.45) is 12.7. The molecule has 0 atom stereocenters. The second-order valence-corrected chi connectivity index (χ2v) is 10.6. The van der Waals surface area contributed by atoms with Gasteiger partial charge in [0.15, 0.2) is 5.82 Å². The number of fused-ring (bicyclic) bond motifs is 3. The van der Waals surface area contributed by atoms with Crippen LogP contribution in [-0.2, 0) is 31.2 Å². The van der Waals surface area contributed by atoms with Crippen molar-refractivity contribution in [1.29, 1.82) is 0 Å². The van der Waals surface area contributed by atoms with E-state index in [2.05, 4.69) is 64.5 Å². The molecule has 0 radical (unpaired) electrons. The highest BCUT2D eigenvalue weighted by atomic mass is 16.5. The molecule has 0 unspecified atom stereocenters. The van der Waals surface area contributed by atoms with Gasteiger partial charge >= 0.3 is 0 Å². The van der Waals surface area contributed by atoms with Crippen LogP contribution in [0, 0.1) is 0 Å². The quantitative estimate of drug-likeness (QED) is 0.282. The number of hydrogen-bond donors (Lipinski definition) is 2. The number of nitrogens with zero attached hydrogens (tertiary/aromatic N) is 6. The van der Waals surface area contributed by atoms with Crippen molar-refractivity contribution in [3.63, 3.8) is 0 Å². The van der Waals surface area contributed by atoms with Gasteiger partial charge < -0.3 is 15.8 Å². The van der Waals surface area contributed by atoms with E-state index in [1.807, 2.05) is 16.9 Å². The summed E-state index contributed by atoms with van der Waals surface area (Å²) in [5, 5.41) is 13.1. The summed E-state index contributed by atoms with van der Waals surface area (Å²) in [7, 11) is 5.54. The number of ether oxygens (including phenoxy) is 1. The van der Waals surface area contributed by atoms with Gasteiger partial charge in [0.1, 0.15) is 5.84 Å². The molecule has 0 spiro atoms. The number of nitrogens with two attached hydrogens (primary N) is 1. The standard InChI is InChI=1S/C32H40N8O/c1-22-9-12-29(36-30-13-15-40(38-30)14-6-16-41-4)35-21-25-10-11-27-32(31(22)25)28(39(3)37-27)18-23-7-5-8-24(17-23)26(19-33)20-34-2/h5,7-8,13,15,17,19-21H,6,9-12,14,16,18,33H2,1-4H3,(H,35,36,38)/b25-21-,26-19+,31-22-,34-20?. The molecule has 0 saturated carbocycles. The predicted octanol–water partition coefficient (Wildman–Crippen LogP) is 5.15. The van der Waals surface area contributed by atoms with E-state index in [0.29, 0.717) is 0 Å². The van der Waals surface area contributed by atoms with E-state index in [1.165, 1.54) is 39.2 Å². The Kier molecular flexibility index (Phi) is 8.94. The summed E-state index contributed by atoms with van der Waals surface area (Å²) < 4.78 is 9.16. The van der Waals surface area contributed by atoms with E-state index < -0.39 is 0 Å². The molecule has 214 valence electrons. The number of nitrogens with one attached hydrogen (secondary N) is 1. The molecule has 1 aliphatic heterocycles. The van der Waals surface area contributed by atoms with Gasteiger partial charge in [0.05, 0.1) is 11.4 Å². The Hall–Kier alpha value is -4.24. The van der Waals surface area contributed by atoms with E-state index in [4.69, 9.17) is 20.6 Å². The van der Waals surface area contributed by atoms with E-state index in [0.717, 1.165) is 74.5 Å². The molecule has 0 fully saturated rings. The molecule has 41 heavy (non-hydrogen) atoms. The van der Waals surface area contributed by atoms with E-state index in [-0.39, 0.29) is 0 Å². The van der Waals surface area contributed by atoms with Crippen molar-refractivity contribution in [2.45, 2.75) is 52.0 Å². The topological polar surface area (TPSA) is 108 Å². The molecule has 3 aromatic rings. The Morgan fingerprint density at radius 2 is 2.05 bits per heavy atom. The van der Waals surface area contributed by atoms with Gasteiger partial charge in [-0.3, -0.25) is 14.4 Å². The number of aryl methyl sites for hydroxylation is 3. The Labute approximate surface area is 242 Å². The number of aliphatic imine (C=N–C) groups is 2. The van der Waals surface area contributed by atoms with Crippen LogP contribution in [0.4, 0.5) is 5.82 Å². The minimum atomic E-state index is 0.727. The van der Waals surface area contributed by atoms with Crippen molar-refractivity contribution in [2.75, 3.05) is 26.1 Å². The number of benzene rings is 1. The smallest absolute Gasteiger partial charge is 0.153 e. The van der Waals surface area contributed by atoms with Crippen molar-refractivity contribution in [3.8, 4) is 0 Å². The number of amidine groups is 1. The van der Waals surface area contributed by atoms with Crippen LogP contribution in [0.3, 0.4) is 0 Å². The van der Waals surface area contributed by atoms with E-state index in [1.54, 1.807) is 26.6 Å². The summed E-state index contributed by atoms with van der Waals surface area (Å²) in [4.78, 5) is 9.07. The molecular weight excluding hydrogens is 512 g/mol. The highest BCUT2D eigenvalue weighted by Gasteiger charge is 2.28. The summed E-state index contributed by atoms with van der Waals surface area (Å²) in [6.45, 7) is 3.81. The van der Waals surface area contributed by atoms with Gasteiger partial charge in [-0.2, -0.15) is 10.2 Å². The van der Waals surface area contributed by atoms with Gasteiger partial charge in [0, 0.05) is 89.2 Å². The zero-order chi connectivity index (χ0) is 28.8. The lowest BCUT2D eigenvalue weighted by Crippen LogP contribution is -2.16. The zero-order valence-electron chi connectivity index (χ0n) is 24.5. The van der Waals surface area contributed by atoms with Crippen molar-refractivity contribution >= 4 is 29.0 Å². The van der Waals surface area contributed by atoms with Crippen LogP contribution in [-0.4, -0.2) is 52.4 Å². The van der Waals surface area contributed by atoms with Crippen LogP contribution in [0.15, 0.2) is 70.1 Å². The fourth-order valence-electron chi connectivity index (χ4n) is 5.67. The van der Waals surface area contributed by atoms with Crippen LogP contribution in [0.1, 0.15) is 60.7 Å². The van der Waals surface area contributed by atoms with Crippen LogP contribution in [0.5, 0.6) is 0 Å². The largest absolute Gasteiger partial charge is 0.404 e. The number of methoxy groups -OCH3 is 1. The van der Waals surface area contributed by atoms with Gasteiger partial charge in [0.2, 0.25) is 0 Å². The highest BCUT2D eigenvalue weighted by Crippen LogP contribution is 2.41. The summed E-state index contributed by atoms with van der Waals surface area (Å²) in [5.74, 6) is 1.76. The fourth-order valence-corrected chi connectivity index (χ4v) is 5.67. The number of allylic oxidation sites excluding steroid dienone is 4. The lowest BCUT2D eigenvalue weighted by atomic mass is 9.81. The van der Waals surface area contributed by atoms with Gasteiger partial charge in [-0.1, -0.05) is 29.8 Å². The van der Waals surface area contributed by atoms with E-state index in [9.17, 15) is 0 Å². The summed E-state index contributed by atoms with van der Waals surface area (Å²) >= 11 is 0. The minimum Gasteiger partial charge on any atom is -0.404 e. The number of anilines is 1. The maximum atomic E-state index is 5.88. The SMILES string of the molecule is CN=C/C(=C\N)c1cccc(Cc2c3c(nn2C)CCC2=C/N=C(Nc4ccn(CCCOC)n4)CC\C(C)=C\23)c1. The molecule has 1 aromatic carbocycles. The van der Waals surface area contributed by atoms with Crippen molar-refractivity contribution in [2.24, 2.45) is 22.8 Å². The summed E-state index contributed by atoms with van der Waals surface area (Å²) in [6, 6.07) is 10.5. The van der Waals surface area contributed by atoms with Crippen molar-refractivity contribution in [1.82, 2.24) is 19.6 Å². The molecule has 5 rings (SSSR count). The first-order valence-corrected chi connectivity index (χ1v) is 14.2. The molecule has 2 aromatic heterocycles. The Bertz CT molecular complexity index is 1550. The average molecular weight is 553 g/mol. The van der Waals surface area contributed by atoms with Crippen LogP contribution < -0.4 is 11.1 Å². The molecule has 1 aliphatic carbocycles. The van der Waals surface area contributed by atoms with Gasteiger partial charge in [-0.25, -0.2) is 4.99 Å². The van der Waals surface area contributed by atoms with Crippen molar-refractivity contribution in [3.05, 3.63) is 88.2 Å². The molecule has 9 nitrogen and oxygen atoms in total. The number of rotatable bonds is 9. The average Bonchev–Trinajstić information content (AvgIpc) is 3.55. The van der Waals surface area contributed by atoms with E-state index >= 15 is 0 Å². The third kappa shape index (κ3) is 6.41. The maximum Gasteiger partial charge on any atom is 0.153 e. The monoisotopic (exact) mass is 552 g/mol. The fraction of sp³-hybridized carbons (Fsp3) is 0.375. The second kappa shape index (κ2) is 13.0. The molecule has 3 heterocycles. The first kappa shape index (κ1) is 28.3. The predicted molar refractivity (Wildman–Crippen MR) is 167 cm³/mol. The highest BCUT2D eigenvalue weighted by molar-refractivity contribution is 6.09. The third-order valence-electron chi connectivity index (χ3n) is 7.71. The maximum absolute atomic E-state index is 5.88. The van der Waals surface area contributed by atoms with Crippen LogP contribution >= 0.6 is 0 Å². The molecule has 0 bridgehead atoms. The van der Waals surface area contributed by atoms with Gasteiger partial charge in [0.25, 0.3) is 0 Å². The number of aromatic nitrogens is 4. The van der Waals surface area contributed by atoms with Crippen molar-refractivity contribution < 1.29 is 4.74 Å². The Morgan fingerprint density at radius 1 is 1.17 bits per heavy atom. The normalized spacial score (nSPS) is 18.8. The molecule has 2 aliphatic rings. The third-order valence-corrected chi connectivity index (χ3v) is 7.71. The number of hydrogen-bond acceptors (Lipinski definition) is 7. The zero-order valence-corrected chi connectivity index (χ0v) is 24.5. The second-order valence-electron chi connectivity index (χ2n) is 10.6. The molecule has 0 amide bonds.